The van der Waals surface area contributed by atoms with E-state index in [9.17, 15) is 0 Å². The minimum absolute atomic E-state index is 0.578. The summed E-state index contributed by atoms with van der Waals surface area (Å²) in [7, 11) is 2.21. The van der Waals surface area contributed by atoms with Crippen LogP contribution in [0.4, 0.5) is 5.82 Å². The second-order valence-corrected chi connectivity index (χ2v) is 6.98. The van der Waals surface area contributed by atoms with Gasteiger partial charge in [0.25, 0.3) is 0 Å². The van der Waals surface area contributed by atoms with E-state index in [1.54, 1.807) is 6.33 Å². The van der Waals surface area contributed by atoms with Gasteiger partial charge in [0.15, 0.2) is 0 Å². The van der Waals surface area contributed by atoms with Gasteiger partial charge in [0.1, 0.15) is 12.1 Å². The fourth-order valence-electron chi connectivity index (χ4n) is 3.47. The Morgan fingerprint density at radius 1 is 1.11 bits per heavy atom. The molecule has 0 aromatic carbocycles. The van der Waals surface area contributed by atoms with E-state index in [1.807, 2.05) is 0 Å². The van der Waals surface area contributed by atoms with Crippen LogP contribution in [0, 0.1) is 0 Å². The molecule has 104 valence electrons. The van der Waals surface area contributed by atoms with Crippen LogP contribution in [0.25, 0.3) is 0 Å². The molecular weight excluding hydrogens is 302 g/mol. The Morgan fingerprint density at radius 2 is 1.89 bits per heavy atom. The maximum atomic E-state index is 4.60. The van der Waals surface area contributed by atoms with Crippen LogP contribution in [0.5, 0.6) is 0 Å². The average Bonchev–Trinajstić information content (AvgIpc) is 2.46. The van der Waals surface area contributed by atoms with Crippen molar-refractivity contribution in [1.29, 1.82) is 0 Å². The first-order valence-corrected chi connectivity index (χ1v) is 8.38. The van der Waals surface area contributed by atoms with Gasteiger partial charge >= 0.3 is 0 Å². The van der Waals surface area contributed by atoms with Crippen molar-refractivity contribution in [3.05, 3.63) is 17.6 Å². The summed E-state index contributed by atoms with van der Waals surface area (Å²) >= 11 is 3.86. The van der Waals surface area contributed by atoms with Crippen molar-refractivity contribution < 1.29 is 0 Å². The van der Waals surface area contributed by atoms with Gasteiger partial charge in [0, 0.05) is 29.2 Å². The minimum atomic E-state index is 0.578. The predicted molar refractivity (Wildman–Crippen MR) is 82.0 cm³/mol. The molecule has 0 radical (unpaired) electrons. The fraction of sp³-hybridized carbons (Fsp3) is 0.733. The number of rotatable bonds is 2. The van der Waals surface area contributed by atoms with E-state index in [2.05, 4.69) is 37.8 Å². The molecule has 3 nitrogen and oxygen atoms in total. The number of aryl methyl sites for hydroxylation is 1. The Hall–Kier alpha value is -0.640. The zero-order valence-corrected chi connectivity index (χ0v) is 13.2. The molecular formula is C15H22BrN3. The monoisotopic (exact) mass is 323 g/mol. The highest BCUT2D eigenvalue weighted by molar-refractivity contribution is 9.09. The SMILES string of the molecule is CN(c1ncnc2c1CCCC2)C1CCCCC1Br. The summed E-state index contributed by atoms with van der Waals surface area (Å²) in [5, 5.41) is 0. The van der Waals surface area contributed by atoms with Crippen LogP contribution in [0.2, 0.25) is 0 Å². The van der Waals surface area contributed by atoms with Crippen molar-refractivity contribution in [1.82, 2.24) is 9.97 Å². The highest BCUT2D eigenvalue weighted by atomic mass is 79.9. The smallest absolute Gasteiger partial charge is 0.135 e. The summed E-state index contributed by atoms with van der Waals surface area (Å²) in [6.45, 7) is 0. The van der Waals surface area contributed by atoms with E-state index in [0.717, 1.165) is 12.8 Å². The maximum Gasteiger partial charge on any atom is 0.135 e. The van der Waals surface area contributed by atoms with Crippen LogP contribution in [-0.4, -0.2) is 27.9 Å². The third-order valence-electron chi connectivity index (χ3n) is 4.58. The zero-order valence-electron chi connectivity index (χ0n) is 11.6. The molecule has 1 heterocycles. The van der Waals surface area contributed by atoms with E-state index in [1.165, 1.54) is 55.6 Å². The van der Waals surface area contributed by atoms with Gasteiger partial charge in [-0.15, -0.1) is 0 Å². The van der Waals surface area contributed by atoms with Gasteiger partial charge in [-0.2, -0.15) is 0 Å². The number of nitrogens with zero attached hydrogens (tertiary/aromatic N) is 3. The lowest BCUT2D eigenvalue weighted by atomic mass is 9.92. The Kier molecular flexibility index (Phi) is 4.06. The maximum absolute atomic E-state index is 4.60. The van der Waals surface area contributed by atoms with Crippen LogP contribution in [-0.2, 0) is 12.8 Å². The number of aromatic nitrogens is 2. The molecule has 1 aromatic rings. The van der Waals surface area contributed by atoms with Gasteiger partial charge in [-0.3, -0.25) is 0 Å². The standard InChI is InChI=1S/C15H22BrN3/c1-19(14-9-5-3-7-12(14)16)15-11-6-2-4-8-13(11)17-10-18-15/h10,12,14H,2-9H2,1H3. The summed E-state index contributed by atoms with van der Waals surface area (Å²) in [5.41, 5.74) is 2.69. The number of hydrogen-bond donors (Lipinski definition) is 0. The van der Waals surface area contributed by atoms with Gasteiger partial charge < -0.3 is 4.90 Å². The highest BCUT2D eigenvalue weighted by Gasteiger charge is 2.29. The van der Waals surface area contributed by atoms with Crippen molar-refractivity contribution in [2.45, 2.75) is 62.2 Å². The first kappa shape index (κ1) is 13.3. The molecule has 2 unspecified atom stereocenters. The molecule has 4 heteroatoms. The normalized spacial score (nSPS) is 26.8. The Balaban J connectivity index is 1.88. The molecule has 1 fully saturated rings. The molecule has 19 heavy (non-hydrogen) atoms. The van der Waals surface area contributed by atoms with Gasteiger partial charge in [-0.05, 0) is 38.5 Å². The Labute approximate surface area is 124 Å². The molecule has 0 aliphatic heterocycles. The van der Waals surface area contributed by atoms with Crippen LogP contribution in [0.15, 0.2) is 6.33 Å². The molecule has 0 bridgehead atoms. The van der Waals surface area contributed by atoms with Crippen LogP contribution >= 0.6 is 15.9 Å². The molecule has 2 atom stereocenters. The Bertz CT molecular complexity index is 449. The molecule has 2 aliphatic rings. The molecule has 1 saturated carbocycles. The number of fused-ring (bicyclic) bond motifs is 1. The lowest BCUT2D eigenvalue weighted by Gasteiger charge is -2.37. The lowest BCUT2D eigenvalue weighted by Crippen LogP contribution is -2.41. The first-order chi connectivity index (χ1) is 9.27. The van der Waals surface area contributed by atoms with Gasteiger partial charge in [0.05, 0.1) is 0 Å². The summed E-state index contributed by atoms with van der Waals surface area (Å²) in [6, 6.07) is 0.578. The second kappa shape index (κ2) is 5.78. The summed E-state index contributed by atoms with van der Waals surface area (Å²) in [5.74, 6) is 1.18. The summed E-state index contributed by atoms with van der Waals surface area (Å²) < 4.78 is 0. The quantitative estimate of drug-likeness (QED) is 0.780. The largest absolute Gasteiger partial charge is 0.355 e. The highest BCUT2D eigenvalue weighted by Crippen LogP contribution is 2.33. The number of alkyl halides is 1. The van der Waals surface area contributed by atoms with Crippen LogP contribution in [0.1, 0.15) is 49.8 Å². The molecule has 0 saturated heterocycles. The van der Waals surface area contributed by atoms with Crippen LogP contribution < -0.4 is 4.90 Å². The number of halogens is 1. The summed E-state index contributed by atoms with van der Waals surface area (Å²) in [4.78, 5) is 12.1. The van der Waals surface area contributed by atoms with Crippen molar-refractivity contribution in [2.24, 2.45) is 0 Å². The topological polar surface area (TPSA) is 29.0 Å². The molecule has 0 N–H and O–H groups in total. The van der Waals surface area contributed by atoms with Gasteiger partial charge in [-0.25, -0.2) is 9.97 Å². The third kappa shape index (κ3) is 2.64. The zero-order chi connectivity index (χ0) is 13.2. The molecule has 3 rings (SSSR count). The lowest BCUT2D eigenvalue weighted by molar-refractivity contribution is 0.441. The average molecular weight is 324 g/mol. The van der Waals surface area contributed by atoms with Crippen LogP contribution in [0.3, 0.4) is 0 Å². The van der Waals surface area contributed by atoms with E-state index >= 15 is 0 Å². The van der Waals surface area contributed by atoms with Gasteiger partial charge in [-0.1, -0.05) is 28.8 Å². The fourth-order valence-corrected chi connectivity index (χ4v) is 4.41. The van der Waals surface area contributed by atoms with Crippen molar-refractivity contribution in [2.75, 3.05) is 11.9 Å². The third-order valence-corrected chi connectivity index (χ3v) is 5.65. The Morgan fingerprint density at radius 3 is 2.74 bits per heavy atom. The predicted octanol–water partition coefficient (Wildman–Crippen LogP) is 3.50. The second-order valence-electron chi connectivity index (χ2n) is 5.81. The molecule has 0 amide bonds. The minimum Gasteiger partial charge on any atom is -0.355 e. The van der Waals surface area contributed by atoms with E-state index < -0.39 is 0 Å². The van der Waals surface area contributed by atoms with Crippen molar-refractivity contribution in [3.8, 4) is 0 Å². The molecule has 0 spiro atoms. The van der Waals surface area contributed by atoms with Crippen molar-refractivity contribution >= 4 is 21.7 Å². The van der Waals surface area contributed by atoms with Gasteiger partial charge in [0.2, 0.25) is 0 Å². The number of hydrogen-bond acceptors (Lipinski definition) is 3. The molecule has 2 aliphatic carbocycles. The van der Waals surface area contributed by atoms with E-state index in [-0.39, 0.29) is 0 Å². The van der Waals surface area contributed by atoms with E-state index in [0.29, 0.717) is 10.9 Å². The van der Waals surface area contributed by atoms with Crippen molar-refractivity contribution in [3.63, 3.8) is 0 Å². The van der Waals surface area contributed by atoms with E-state index in [4.69, 9.17) is 0 Å². The molecule has 1 aromatic heterocycles. The summed E-state index contributed by atoms with van der Waals surface area (Å²) in [6.07, 6.45) is 11.8. The number of anilines is 1. The first-order valence-electron chi connectivity index (χ1n) is 7.47.